The quantitative estimate of drug-likeness (QED) is 0.618. The number of pyridine rings is 2. The van der Waals surface area contributed by atoms with Gasteiger partial charge >= 0.3 is 0 Å². The minimum absolute atomic E-state index is 0.171. The third-order valence-electron chi connectivity index (χ3n) is 7.48. The maximum absolute atomic E-state index is 13.4. The Balaban J connectivity index is 1.57. The van der Waals surface area contributed by atoms with Gasteiger partial charge in [0.25, 0.3) is 0 Å². The number of halogens is 1. The fourth-order valence-corrected chi connectivity index (χ4v) is 5.65. The molecule has 5 nitrogen and oxygen atoms in total. The van der Waals surface area contributed by atoms with Crippen LogP contribution in [0.25, 0.3) is 0 Å². The Bertz CT molecular complexity index is 1090. The summed E-state index contributed by atoms with van der Waals surface area (Å²) in [7, 11) is 0. The number of hydrogen-bond acceptors (Lipinski definition) is 5. The van der Waals surface area contributed by atoms with Gasteiger partial charge in [0.1, 0.15) is 5.82 Å². The van der Waals surface area contributed by atoms with Gasteiger partial charge in [0, 0.05) is 30.1 Å². The number of nitrogens with two attached hydrogens (primary N) is 1. The smallest absolute Gasteiger partial charge is 0.123 e. The van der Waals surface area contributed by atoms with Crippen LogP contribution in [-0.4, -0.2) is 36.4 Å². The summed E-state index contributed by atoms with van der Waals surface area (Å²) in [5.41, 5.74) is 11.7. The summed E-state index contributed by atoms with van der Waals surface area (Å²) in [5.74, 6) is 0.0915. The summed E-state index contributed by atoms with van der Waals surface area (Å²) < 4.78 is 25.4. The van der Waals surface area contributed by atoms with E-state index in [4.69, 9.17) is 20.2 Å². The van der Waals surface area contributed by atoms with Gasteiger partial charge in [-0.15, -0.1) is 0 Å². The molecule has 6 heteroatoms. The normalized spacial score (nSPS) is 24.0. The fourth-order valence-electron chi connectivity index (χ4n) is 5.65. The highest BCUT2D eigenvalue weighted by Crippen LogP contribution is 2.46. The lowest BCUT2D eigenvalue weighted by Gasteiger charge is -2.41. The highest BCUT2D eigenvalue weighted by Gasteiger charge is 2.44. The van der Waals surface area contributed by atoms with Crippen molar-refractivity contribution in [2.75, 3.05) is 26.4 Å². The second-order valence-electron chi connectivity index (χ2n) is 9.48. The Hall–Kier alpha value is -2.67. The average molecular weight is 462 g/mol. The van der Waals surface area contributed by atoms with E-state index in [1.54, 1.807) is 12.1 Å². The SMILES string of the molecule is NC(c1ccc(F)cc1)c1cc2c(cn1)C1(Cc3ccccn3)CCOCCOCC1CCC2. The number of rotatable bonds is 4. The number of ether oxygens (including phenoxy) is 2. The summed E-state index contributed by atoms with van der Waals surface area (Å²) in [6, 6.07) is 14.3. The Morgan fingerprint density at radius 1 is 1.06 bits per heavy atom. The average Bonchev–Trinajstić information content (AvgIpc) is 2.93. The van der Waals surface area contributed by atoms with E-state index in [1.807, 2.05) is 18.5 Å². The van der Waals surface area contributed by atoms with Crippen LogP contribution in [0.5, 0.6) is 0 Å². The van der Waals surface area contributed by atoms with Gasteiger partial charge in [-0.05, 0) is 85.0 Å². The second kappa shape index (κ2) is 10.3. The van der Waals surface area contributed by atoms with Gasteiger partial charge in [0.05, 0.1) is 31.6 Å². The molecule has 0 spiro atoms. The molecule has 2 aliphatic rings. The van der Waals surface area contributed by atoms with E-state index in [9.17, 15) is 4.39 Å². The fraction of sp³-hybridized carbons (Fsp3) is 0.429. The topological polar surface area (TPSA) is 70.3 Å². The zero-order chi connectivity index (χ0) is 23.4. The Labute approximate surface area is 200 Å². The molecule has 0 bridgehead atoms. The third kappa shape index (κ3) is 4.76. The van der Waals surface area contributed by atoms with E-state index < -0.39 is 6.04 Å². The predicted molar refractivity (Wildman–Crippen MR) is 129 cm³/mol. The van der Waals surface area contributed by atoms with Gasteiger partial charge in [-0.3, -0.25) is 9.97 Å². The highest BCUT2D eigenvalue weighted by atomic mass is 19.1. The molecule has 178 valence electrons. The first-order valence-electron chi connectivity index (χ1n) is 12.2. The molecule has 1 aromatic carbocycles. The summed E-state index contributed by atoms with van der Waals surface area (Å²) in [6.07, 6.45) is 8.76. The highest BCUT2D eigenvalue weighted by molar-refractivity contribution is 5.40. The summed E-state index contributed by atoms with van der Waals surface area (Å²) in [4.78, 5) is 9.55. The molecule has 3 heterocycles. The van der Waals surface area contributed by atoms with Crippen LogP contribution in [0.3, 0.4) is 0 Å². The van der Waals surface area contributed by atoms with E-state index in [1.165, 1.54) is 23.3 Å². The zero-order valence-corrected chi connectivity index (χ0v) is 19.5. The molecular formula is C28H32FN3O2. The molecule has 0 amide bonds. The van der Waals surface area contributed by atoms with Crippen LogP contribution in [0.2, 0.25) is 0 Å². The molecule has 2 aromatic heterocycles. The van der Waals surface area contributed by atoms with Crippen LogP contribution < -0.4 is 5.73 Å². The van der Waals surface area contributed by atoms with Crippen molar-refractivity contribution in [3.63, 3.8) is 0 Å². The van der Waals surface area contributed by atoms with Crippen LogP contribution in [0.4, 0.5) is 4.39 Å². The molecule has 5 rings (SSSR count). The van der Waals surface area contributed by atoms with Gasteiger partial charge in [-0.25, -0.2) is 4.39 Å². The van der Waals surface area contributed by atoms with Crippen molar-refractivity contribution < 1.29 is 13.9 Å². The maximum Gasteiger partial charge on any atom is 0.123 e. The standard InChI is InChI=1S/C28H32FN3O2/c29-23-9-7-20(8-10-23)27(30)26-16-21-4-3-5-22-19-34-15-14-33-13-11-28(22,25(21)18-32-26)17-24-6-1-2-12-31-24/h1-2,6-10,12,16,18,22,27H,3-5,11,13-15,17,19,30H2. The lowest BCUT2D eigenvalue weighted by Crippen LogP contribution is -2.41. The molecule has 1 aliphatic heterocycles. The molecule has 3 atom stereocenters. The molecule has 3 unspecified atom stereocenters. The number of fused-ring (bicyclic) bond motifs is 3. The van der Waals surface area contributed by atoms with Crippen LogP contribution in [-0.2, 0) is 27.7 Å². The molecule has 0 saturated carbocycles. The Morgan fingerprint density at radius 2 is 1.91 bits per heavy atom. The lowest BCUT2D eigenvalue weighted by atomic mass is 9.64. The first kappa shape index (κ1) is 23.1. The van der Waals surface area contributed by atoms with Crippen molar-refractivity contribution in [3.05, 3.63) is 94.8 Å². The van der Waals surface area contributed by atoms with Gasteiger partial charge in [-0.2, -0.15) is 0 Å². The maximum atomic E-state index is 13.4. The van der Waals surface area contributed by atoms with Crippen LogP contribution in [0.15, 0.2) is 60.9 Å². The van der Waals surface area contributed by atoms with E-state index >= 15 is 0 Å². The molecule has 1 fully saturated rings. The van der Waals surface area contributed by atoms with E-state index in [0.29, 0.717) is 32.3 Å². The van der Waals surface area contributed by atoms with Crippen molar-refractivity contribution in [3.8, 4) is 0 Å². The third-order valence-corrected chi connectivity index (χ3v) is 7.48. The number of aryl methyl sites for hydroxylation is 1. The van der Waals surface area contributed by atoms with E-state index in [2.05, 4.69) is 23.2 Å². The number of hydrogen-bond donors (Lipinski definition) is 1. The van der Waals surface area contributed by atoms with Crippen LogP contribution >= 0.6 is 0 Å². The van der Waals surface area contributed by atoms with Gasteiger partial charge in [0.2, 0.25) is 0 Å². The zero-order valence-electron chi connectivity index (χ0n) is 19.5. The molecule has 2 N–H and O–H groups in total. The van der Waals surface area contributed by atoms with Crippen molar-refractivity contribution in [2.45, 2.75) is 43.6 Å². The summed E-state index contributed by atoms with van der Waals surface area (Å²) >= 11 is 0. The van der Waals surface area contributed by atoms with Crippen LogP contribution in [0, 0.1) is 11.7 Å². The van der Waals surface area contributed by atoms with E-state index in [-0.39, 0.29) is 11.2 Å². The number of benzene rings is 1. The Morgan fingerprint density at radius 3 is 2.74 bits per heavy atom. The molecule has 0 radical (unpaired) electrons. The van der Waals surface area contributed by atoms with Crippen molar-refractivity contribution in [1.82, 2.24) is 9.97 Å². The first-order valence-corrected chi connectivity index (χ1v) is 12.2. The monoisotopic (exact) mass is 461 g/mol. The number of aromatic nitrogens is 2. The minimum atomic E-state index is -0.399. The molecule has 1 aliphatic carbocycles. The summed E-state index contributed by atoms with van der Waals surface area (Å²) in [6.45, 7) is 2.66. The summed E-state index contributed by atoms with van der Waals surface area (Å²) in [5, 5.41) is 0. The van der Waals surface area contributed by atoms with Crippen molar-refractivity contribution >= 4 is 0 Å². The van der Waals surface area contributed by atoms with Crippen molar-refractivity contribution in [2.24, 2.45) is 11.7 Å². The lowest BCUT2D eigenvalue weighted by molar-refractivity contribution is 0.0437. The predicted octanol–water partition coefficient (Wildman–Crippen LogP) is 4.53. The van der Waals surface area contributed by atoms with Crippen molar-refractivity contribution in [1.29, 1.82) is 0 Å². The Kier molecular flexibility index (Phi) is 6.99. The molecule has 1 saturated heterocycles. The van der Waals surface area contributed by atoms with Gasteiger partial charge in [0.15, 0.2) is 0 Å². The van der Waals surface area contributed by atoms with Crippen LogP contribution in [0.1, 0.15) is 53.4 Å². The largest absolute Gasteiger partial charge is 0.379 e. The minimum Gasteiger partial charge on any atom is -0.379 e. The van der Waals surface area contributed by atoms with E-state index in [0.717, 1.165) is 49.1 Å². The van der Waals surface area contributed by atoms with Gasteiger partial charge < -0.3 is 15.2 Å². The first-order chi connectivity index (χ1) is 16.7. The second-order valence-corrected chi connectivity index (χ2v) is 9.48. The molecule has 34 heavy (non-hydrogen) atoms. The van der Waals surface area contributed by atoms with Gasteiger partial charge in [-0.1, -0.05) is 18.2 Å². The number of nitrogens with zero attached hydrogens (tertiary/aromatic N) is 2. The molecular weight excluding hydrogens is 429 g/mol. The molecule has 3 aromatic rings.